The number of hydrogen-bond donors (Lipinski definition) is 2. The van der Waals surface area contributed by atoms with Crippen molar-refractivity contribution in [3.05, 3.63) is 42.0 Å². The minimum Gasteiger partial charge on any atom is -0.492 e. The summed E-state index contributed by atoms with van der Waals surface area (Å²) in [6.45, 7) is 0.673. The van der Waals surface area contributed by atoms with E-state index in [9.17, 15) is 5.11 Å². The molecule has 3 rings (SSSR count). The van der Waals surface area contributed by atoms with Gasteiger partial charge in [-0.3, -0.25) is 0 Å². The SMILES string of the molecule is [NH3+]C1c2c(ccc3ccccc23)OCC1CO. The predicted octanol–water partition coefficient (Wildman–Crippen LogP) is 1.12. The Morgan fingerprint density at radius 2 is 2.06 bits per heavy atom. The summed E-state index contributed by atoms with van der Waals surface area (Å²) in [7, 11) is 0. The normalized spacial score (nSPS) is 23.2. The fourth-order valence-corrected chi connectivity index (χ4v) is 2.51. The third-order valence-electron chi connectivity index (χ3n) is 3.56. The molecule has 0 aliphatic carbocycles. The third kappa shape index (κ3) is 1.59. The number of aliphatic hydroxyl groups excluding tert-OH is 1. The summed E-state index contributed by atoms with van der Waals surface area (Å²) in [5.74, 6) is 1.00. The van der Waals surface area contributed by atoms with Gasteiger partial charge in [0.05, 0.1) is 24.7 Å². The predicted molar refractivity (Wildman–Crippen MR) is 65.6 cm³/mol. The molecule has 4 N–H and O–H groups in total. The van der Waals surface area contributed by atoms with Crippen LogP contribution in [-0.2, 0) is 0 Å². The zero-order valence-corrected chi connectivity index (χ0v) is 9.60. The molecule has 1 aliphatic rings. The Morgan fingerprint density at radius 3 is 2.88 bits per heavy atom. The van der Waals surface area contributed by atoms with Gasteiger partial charge in [0, 0.05) is 0 Å². The first-order chi connectivity index (χ1) is 8.31. The smallest absolute Gasteiger partial charge is 0.129 e. The number of ether oxygens (including phenoxy) is 1. The molecule has 2 aromatic carbocycles. The molecule has 0 amide bonds. The van der Waals surface area contributed by atoms with Crippen LogP contribution >= 0.6 is 0 Å². The van der Waals surface area contributed by atoms with Crippen LogP contribution in [0.15, 0.2) is 36.4 Å². The first kappa shape index (κ1) is 10.6. The molecule has 0 radical (unpaired) electrons. The standard InChI is InChI=1S/C14H15NO2/c15-14-10(7-16)8-17-12-6-5-9-3-1-2-4-11(9)13(12)14/h1-6,10,14,16H,7-8,15H2/p+1. The fourth-order valence-electron chi connectivity index (χ4n) is 2.51. The van der Waals surface area contributed by atoms with E-state index in [-0.39, 0.29) is 18.6 Å². The van der Waals surface area contributed by atoms with E-state index in [0.29, 0.717) is 6.61 Å². The maximum Gasteiger partial charge on any atom is 0.129 e. The molecule has 88 valence electrons. The van der Waals surface area contributed by atoms with Crippen molar-refractivity contribution in [1.82, 2.24) is 0 Å². The summed E-state index contributed by atoms with van der Waals surface area (Å²) in [6, 6.07) is 12.4. The average molecular weight is 230 g/mol. The van der Waals surface area contributed by atoms with Crippen molar-refractivity contribution in [1.29, 1.82) is 0 Å². The molecule has 3 heteroatoms. The van der Waals surface area contributed by atoms with Crippen LogP contribution in [0.1, 0.15) is 11.6 Å². The molecule has 0 spiro atoms. The van der Waals surface area contributed by atoms with Crippen LogP contribution in [0.5, 0.6) is 5.75 Å². The van der Waals surface area contributed by atoms with E-state index < -0.39 is 0 Å². The number of aliphatic hydroxyl groups is 1. The number of rotatable bonds is 1. The molecule has 0 aromatic heterocycles. The molecule has 0 saturated heterocycles. The fraction of sp³-hybridized carbons (Fsp3) is 0.286. The van der Waals surface area contributed by atoms with Crippen LogP contribution in [0.4, 0.5) is 0 Å². The van der Waals surface area contributed by atoms with Gasteiger partial charge in [-0.2, -0.15) is 0 Å². The summed E-state index contributed by atoms with van der Waals surface area (Å²) in [4.78, 5) is 0. The van der Waals surface area contributed by atoms with Crippen molar-refractivity contribution in [3.8, 4) is 5.75 Å². The zero-order chi connectivity index (χ0) is 11.8. The summed E-state index contributed by atoms with van der Waals surface area (Å²) < 4.78 is 5.71. The van der Waals surface area contributed by atoms with E-state index in [1.54, 1.807) is 0 Å². The lowest BCUT2D eigenvalue weighted by Crippen LogP contribution is -2.60. The lowest BCUT2D eigenvalue weighted by molar-refractivity contribution is -0.444. The maximum atomic E-state index is 9.34. The molecular weight excluding hydrogens is 214 g/mol. The molecular formula is C14H16NO2+. The van der Waals surface area contributed by atoms with Crippen molar-refractivity contribution in [3.63, 3.8) is 0 Å². The van der Waals surface area contributed by atoms with Crippen LogP contribution in [0.3, 0.4) is 0 Å². The van der Waals surface area contributed by atoms with Gasteiger partial charge in [0.25, 0.3) is 0 Å². The second-order valence-electron chi connectivity index (χ2n) is 4.56. The quantitative estimate of drug-likeness (QED) is 0.771. The molecule has 0 fully saturated rings. The van der Waals surface area contributed by atoms with Gasteiger partial charge in [0.2, 0.25) is 0 Å². The largest absolute Gasteiger partial charge is 0.492 e. The maximum absolute atomic E-state index is 9.34. The van der Waals surface area contributed by atoms with Crippen LogP contribution < -0.4 is 10.5 Å². The van der Waals surface area contributed by atoms with Gasteiger partial charge in [0.15, 0.2) is 0 Å². The lowest BCUT2D eigenvalue weighted by Gasteiger charge is -2.28. The Balaban J connectivity index is 2.24. The molecule has 2 atom stereocenters. The molecule has 1 heterocycles. The second kappa shape index (κ2) is 4.02. The van der Waals surface area contributed by atoms with E-state index in [4.69, 9.17) is 4.74 Å². The number of benzene rings is 2. The highest BCUT2D eigenvalue weighted by Gasteiger charge is 2.32. The molecule has 2 aromatic rings. The van der Waals surface area contributed by atoms with Crippen molar-refractivity contribution >= 4 is 10.8 Å². The Labute approximate surface area is 99.8 Å². The molecule has 3 nitrogen and oxygen atoms in total. The summed E-state index contributed by atoms with van der Waals surface area (Å²) >= 11 is 0. The Morgan fingerprint density at radius 1 is 1.24 bits per heavy atom. The number of quaternary nitrogens is 1. The monoisotopic (exact) mass is 230 g/mol. The highest BCUT2D eigenvalue weighted by molar-refractivity contribution is 5.88. The Bertz CT molecular complexity index is 553. The van der Waals surface area contributed by atoms with Gasteiger partial charge in [-0.05, 0) is 16.8 Å². The van der Waals surface area contributed by atoms with Crippen LogP contribution in [-0.4, -0.2) is 18.3 Å². The number of hydrogen-bond acceptors (Lipinski definition) is 2. The minimum absolute atomic E-state index is 0.0910. The van der Waals surface area contributed by atoms with Crippen LogP contribution in [0.2, 0.25) is 0 Å². The van der Waals surface area contributed by atoms with E-state index in [1.165, 1.54) is 10.8 Å². The summed E-state index contributed by atoms with van der Waals surface area (Å²) in [5.41, 5.74) is 5.33. The lowest BCUT2D eigenvalue weighted by atomic mass is 9.88. The van der Waals surface area contributed by atoms with Gasteiger partial charge in [-0.15, -0.1) is 0 Å². The van der Waals surface area contributed by atoms with E-state index >= 15 is 0 Å². The summed E-state index contributed by atoms with van der Waals surface area (Å²) in [6.07, 6.45) is 0. The molecule has 0 saturated carbocycles. The average Bonchev–Trinajstić information content (AvgIpc) is 2.38. The molecule has 0 bridgehead atoms. The van der Waals surface area contributed by atoms with Crippen molar-refractivity contribution in [2.75, 3.05) is 13.2 Å². The van der Waals surface area contributed by atoms with Crippen LogP contribution in [0, 0.1) is 5.92 Å². The van der Waals surface area contributed by atoms with E-state index in [1.807, 2.05) is 18.2 Å². The Hall–Kier alpha value is -1.58. The van der Waals surface area contributed by atoms with E-state index in [0.717, 1.165) is 11.3 Å². The van der Waals surface area contributed by atoms with Crippen molar-refractivity contribution in [2.45, 2.75) is 6.04 Å². The molecule has 17 heavy (non-hydrogen) atoms. The van der Waals surface area contributed by atoms with Crippen molar-refractivity contribution < 1.29 is 15.6 Å². The highest BCUT2D eigenvalue weighted by Crippen LogP contribution is 2.37. The van der Waals surface area contributed by atoms with E-state index in [2.05, 4.69) is 23.9 Å². The number of fused-ring (bicyclic) bond motifs is 3. The first-order valence-electron chi connectivity index (χ1n) is 5.89. The second-order valence-corrected chi connectivity index (χ2v) is 4.56. The molecule has 1 aliphatic heterocycles. The first-order valence-corrected chi connectivity index (χ1v) is 5.89. The van der Waals surface area contributed by atoms with Crippen LogP contribution in [0.25, 0.3) is 10.8 Å². The van der Waals surface area contributed by atoms with Gasteiger partial charge < -0.3 is 15.6 Å². The van der Waals surface area contributed by atoms with Gasteiger partial charge >= 0.3 is 0 Å². The third-order valence-corrected chi connectivity index (χ3v) is 3.56. The van der Waals surface area contributed by atoms with Crippen molar-refractivity contribution in [2.24, 2.45) is 5.92 Å². The topological polar surface area (TPSA) is 57.1 Å². The highest BCUT2D eigenvalue weighted by atomic mass is 16.5. The van der Waals surface area contributed by atoms with Gasteiger partial charge in [-0.25, -0.2) is 0 Å². The van der Waals surface area contributed by atoms with Gasteiger partial charge in [0.1, 0.15) is 11.8 Å². The molecule has 2 unspecified atom stereocenters. The summed E-state index contributed by atoms with van der Waals surface area (Å²) in [5, 5.41) is 11.7. The Kier molecular flexibility index (Phi) is 2.50. The van der Waals surface area contributed by atoms with Gasteiger partial charge in [-0.1, -0.05) is 30.3 Å². The zero-order valence-electron chi connectivity index (χ0n) is 9.60. The minimum atomic E-state index is 0.0910.